The summed E-state index contributed by atoms with van der Waals surface area (Å²) in [5.41, 5.74) is 1.43. The Labute approximate surface area is 264 Å². The quantitative estimate of drug-likeness (QED) is 0.0835. The molecule has 0 radical (unpaired) electrons. The first-order chi connectivity index (χ1) is 20.8. The van der Waals surface area contributed by atoms with E-state index in [0.29, 0.717) is 6.17 Å². The minimum atomic E-state index is 0.551. The van der Waals surface area contributed by atoms with Gasteiger partial charge in [-0.15, -0.1) is 0 Å². The minimum absolute atomic E-state index is 0.551. The van der Waals surface area contributed by atoms with Crippen LogP contribution < -0.4 is 0 Å². The van der Waals surface area contributed by atoms with Gasteiger partial charge in [0, 0.05) is 25.5 Å². The van der Waals surface area contributed by atoms with Crippen molar-refractivity contribution in [1.29, 1.82) is 0 Å². The average Bonchev–Trinajstić information content (AvgIpc) is 3.39. The van der Waals surface area contributed by atoms with E-state index in [-0.39, 0.29) is 0 Å². The summed E-state index contributed by atoms with van der Waals surface area (Å²) < 4.78 is 0. The summed E-state index contributed by atoms with van der Waals surface area (Å²) in [4.78, 5) is 5.28. The molecule has 1 heterocycles. The van der Waals surface area contributed by atoms with E-state index in [2.05, 4.69) is 66.4 Å². The van der Waals surface area contributed by atoms with Crippen molar-refractivity contribution in [3.63, 3.8) is 0 Å². The summed E-state index contributed by atoms with van der Waals surface area (Å²) in [6.45, 7) is 6.88. The molecule has 2 rings (SSSR count). The summed E-state index contributed by atoms with van der Waals surface area (Å²) in [5, 5.41) is 0. The van der Waals surface area contributed by atoms with Crippen molar-refractivity contribution in [3.8, 4) is 0 Å². The first kappa shape index (κ1) is 36.8. The van der Waals surface area contributed by atoms with Gasteiger partial charge < -0.3 is 9.80 Å². The number of rotatable bonds is 30. The van der Waals surface area contributed by atoms with Gasteiger partial charge in [-0.05, 0) is 24.8 Å². The van der Waals surface area contributed by atoms with Crippen LogP contribution in [0.3, 0.4) is 0 Å². The van der Waals surface area contributed by atoms with Gasteiger partial charge in [0.2, 0.25) is 0 Å². The molecule has 242 valence electrons. The second-order valence-electron chi connectivity index (χ2n) is 13.4. The number of benzene rings is 1. The van der Waals surface area contributed by atoms with Crippen molar-refractivity contribution in [3.05, 3.63) is 48.3 Å². The van der Waals surface area contributed by atoms with Crippen LogP contribution in [0.1, 0.15) is 193 Å². The lowest BCUT2D eigenvalue weighted by molar-refractivity contribution is 0.132. The van der Waals surface area contributed by atoms with E-state index >= 15 is 0 Å². The van der Waals surface area contributed by atoms with Gasteiger partial charge in [0.05, 0.1) is 0 Å². The maximum atomic E-state index is 2.67. The molecule has 1 aromatic rings. The van der Waals surface area contributed by atoms with Crippen molar-refractivity contribution < 1.29 is 0 Å². The van der Waals surface area contributed by atoms with Crippen molar-refractivity contribution >= 4 is 0 Å². The molecule has 0 saturated heterocycles. The Hall–Kier alpha value is -1.44. The fourth-order valence-electron chi connectivity index (χ4n) is 6.72. The van der Waals surface area contributed by atoms with Crippen molar-refractivity contribution in [2.75, 3.05) is 6.54 Å². The monoisotopic (exact) mass is 581 g/mol. The first-order valence-corrected chi connectivity index (χ1v) is 19.1. The smallest absolute Gasteiger partial charge is 0.101 e. The zero-order valence-electron chi connectivity index (χ0n) is 28.5. The Bertz CT molecular complexity index is 714. The molecule has 42 heavy (non-hydrogen) atoms. The fraction of sp³-hybridized carbons (Fsp3) is 0.800. The van der Waals surface area contributed by atoms with Gasteiger partial charge in [0.15, 0.2) is 0 Å². The second-order valence-corrected chi connectivity index (χ2v) is 13.4. The van der Waals surface area contributed by atoms with Gasteiger partial charge in [-0.1, -0.05) is 198 Å². The van der Waals surface area contributed by atoms with Crippen molar-refractivity contribution in [2.45, 2.75) is 200 Å². The summed E-state index contributed by atoms with van der Waals surface area (Å²) in [6.07, 6.45) is 43.9. The van der Waals surface area contributed by atoms with Crippen LogP contribution in [0.25, 0.3) is 0 Å². The molecule has 0 aromatic heterocycles. The molecule has 0 N–H and O–H groups in total. The number of unbranched alkanes of at least 4 members (excludes halogenated alkanes) is 24. The predicted octanol–water partition coefficient (Wildman–Crippen LogP) is 13.2. The Morgan fingerprint density at radius 2 is 0.810 bits per heavy atom. The lowest BCUT2D eigenvalue weighted by Crippen LogP contribution is -2.38. The highest BCUT2D eigenvalue weighted by Crippen LogP contribution is 2.25. The molecule has 1 atom stereocenters. The third-order valence-electron chi connectivity index (χ3n) is 9.51. The van der Waals surface area contributed by atoms with Crippen LogP contribution in [0.5, 0.6) is 0 Å². The highest BCUT2D eigenvalue weighted by Gasteiger charge is 2.25. The summed E-state index contributed by atoms with van der Waals surface area (Å²) in [7, 11) is 0. The van der Waals surface area contributed by atoms with E-state index in [4.69, 9.17) is 0 Å². The van der Waals surface area contributed by atoms with Crippen LogP contribution in [0, 0.1) is 0 Å². The Morgan fingerprint density at radius 1 is 0.429 bits per heavy atom. The summed E-state index contributed by atoms with van der Waals surface area (Å²) in [6, 6.07) is 11.1. The lowest BCUT2D eigenvalue weighted by Gasteiger charge is -2.33. The summed E-state index contributed by atoms with van der Waals surface area (Å²) in [5.74, 6) is 0. The molecule has 0 bridgehead atoms. The van der Waals surface area contributed by atoms with Gasteiger partial charge in [0.25, 0.3) is 0 Å². The first-order valence-electron chi connectivity index (χ1n) is 19.1. The molecule has 0 saturated carbocycles. The molecule has 0 spiro atoms. The Kier molecular flexibility index (Phi) is 23.7. The van der Waals surface area contributed by atoms with Gasteiger partial charge in [-0.2, -0.15) is 0 Å². The molecular formula is C40H72N2. The van der Waals surface area contributed by atoms with E-state index in [1.807, 2.05) is 0 Å². The average molecular weight is 581 g/mol. The van der Waals surface area contributed by atoms with Crippen LogP contribution >= 0.6 is 0 Å². The largest absolute Gasteiger partial charge is 0.356 e. The van der Waals surface area contributed by atoms with Crippen LogP contribution in [0.4, 0.5) is 0 Å². The maximum Gasteiger partial charge on any atom is 0.101 e. The minimum Gasteiger partial charge on any atom is -0.356 e. The lowest BCUT2D eigenvalue weighted by atomic mass is 10.0. The normalized spacial score (nSPS) is 14.9. The van der Waals surface area contributed by atoms with E-state index < -0.39 is 0 Å². The Balaban J connectivity index is 1.55. The van der Waals surface area contributed by atoms with Crippen LogP contribution in [0.2, 0.25) is 0 Å². The Morgan fingerprint density at radius 3 is 1.26 bits per heavy atom. The molecule has 0 aliphatic carbocycles. The molecule has 1 aliphatic rings. The zero-order chi connectivity index (χ0) is 29.8. The topological polar surface area (TPSA) is 6.48 Å². The highest BCUT2D eigenvalue weighted by atomic mass is 15.4. The molecule has 1 aliphatic heterocycles. The summed E-state index contributed by atoms with van der Waals surface area (Å²) >= 11 is 0. The van der Waals surface area contributed by atoms with Gasteiger partial charge in [-0.25, -0.2) is 0 Å². The van der Waals surface area contributed by atoms with Gasteiger partial charge in [0.1, 0.15) is 6.17 Å². The van der Waals surface area contributed by atoms with Crippen LogP contribution in [-0.4, -0.2) is 22.5 Å². The molecule has 0 fully saturated rings. The molecular weight excluding hydrogens is 508 g/mol. The van der Waals surface area contributed by atoms with Crippen molar-refractivity contribution in [1.82, 2.24) is 9.80 Å². The van der Waals surface area contributed by atoms with Crippen LogP contribution in [-0.2, 0) is 6.54 Å². The molecule has 2 nitrogen and oxygen atoms in total. The fourth-order valence-corrected chi connectivity index (χ4v) is 6.72. The van der Waals surface area contributed by atoms with Gasteiger partial charge >= 0.3 is 0 Å². The number of hydrogen-bond acceptors (Lipinski definition) is 2. The maximum absolute atomic E-state index is 2.67. The number of hydrogen-bond donors (Lipinski definition) is 0. The van der Waals surface area contributed by atoms with E-state index in [1.165, 1.54) is 185 Å². The third-order valence-corrected chi connectivity index (χ3v) is 9.51. The third kappa shape index (κ3) is 19.0. The standard InChI is InChI=1S/C40H72N2/c1-3-5-7-9-11-13-15-17-18-20-22-24-26-31-35-41-36-37-42(38-39-32-28-27-29-33-39)40(41)34-30-25-23-21-19-16-14-12-10-8-6-4-2/h27-29,32-33,36-37,40H,3-26,30-31,34-35,38H2,1-2H3. The highest BCUT2D eigenvalue weighted by molar-refractivity contribution is 5.16. The molecule has 1 aromatic carbocycles. The van der Waals surface area contributed by atoms with E-state index in [0.717, 1.165) is 6.54 Å². The molecule has 2 heteroatoms. The van der Waals surface area contributed by atoms with Crippen LogP contribution in [0.15, 0.2) is 42.7 Å². The molecule has 1 unspecified atom stereocenters. The zero-order valence-corrected chi connectivity index (χ0v) is 28.5. The van der Waals surface area contributed by atoms with E-state index in [1.54, 1.807) is 0 Å². The number of nitrogens with zero attached hydrogens (tertiary/aromatic N) is 2. The van der Waals surface area contributed by atoms with E-state index in [9.17, 15) is 0 Å². The van der Waals surface area contributed by atoms with Gasteiger partial charge in [-0.3, -0.25) is 0 Å². The van der Waals surface area contributed by atoms with Crippen molar-refractivity contribution in [2.24, 2.45) is 0 Å². The molecule has 0 amide bonds. The second kappa shape index (κ2) is 27.1. The SMILES string of the molecule is CCCCCCCCCCCCCCCCN1C=CN(Cc2ccccc2)C1CCCCCCCCCCCCCC. The predicted molar refractivity (Wildman–Crippen MR) is 188 cm³/mol.